The minimum absolute atomic E-state index is 0.0371. The first-order valence-corrected chi connectivity index (χ1v) is 9.18. The predicted octanol–water partition coefficient (Wildman–Crippen LogP) is 4.06. The van der Waals surface area contributed by atoms with Gasteiger partial charge in [-0.3, -0.25) is 4.79 Å². The Labute approximate surface area is 153 Å². The molecule has 0 spiro atoms. The van der Waals surface area contributed by atoms with Gasteiger partial charge in [-0.05, 0) is 44.2 Å². The summed E-state index contributed by atoms with van der Waals surface area (Å²) in [6, 6.07) is 13.9. The number of amides is 1. The molecular weight excluding hydrogens is 334 g/mol. The maximum absolute atomic E-state index is 12.4. The predicted molar refractivity (Wildman–Crippen MR) is 103 cm³/mol. The second kappa shape index (κ2) is 9.49. The normalized spacial score (nSPS) is 11.8. The summed E-state index contributed by atoms with van der Waals surface area (Å²) in [5.74, 6) is 1.43. The van der Waals surface area contributed by atoms with E-state index in [0.29, 0.717) is 12.2 Å². The molecule has 0 unspecified atom stereocenters. The molecular formula is C20H25NO3S. The van der Waals surface area contributed by atoms with E-state index in [2.05, 4.69) is 36.5 Å². The minimum atomic E-state index is -0.103. The van der Waals surface area contributed by atoms with Crippen LogP contribution in [0.15, 0.2) is 47.4 Å². The number of hydrogen-bond donors (Lipinski definition) is 1. The molecule has 0 fully saturated rings. The first kappa shape index (κ1) is 19.3. The molecule has 0 radical (unpaired) electrons. The van der Waals surface area contributed by atoms with Crippen molar-refractivity contribution in [1.82, 2.24) is 5.32 Å². The molecule has 1 atom stereocenters. The molecule has 0 saturated heterocycles. The largest absolute Gasteiger partial charge is 0.496 e. The van der Waals surface area contributed by atoms with Crippen molar-refractivity contribution >= 4 is 17.7 Å². The summed E-state index contributed by atoms with van der Waals surface area (Å²) in [6.07, 6.45) is 0. The Bertz CT molecular complexity index is 701. The van der Waals surface area contributed by atoms with Crippen LogP contribution in [0.1, 0.15) is 28.4 Å². The highest BCUT2D eigenvalue weighted by Gasteiger charge is 2.13. The van der Waals surface area contributed by atoms with Crippen molar-refractivity contribution in [2.75, 3.05) is 20.8 Å². The molecule has 2 aromatic carbocycles. The van der Waals surface area contributed by atoms with Crippen molar-refractivity contribution in [3.63, 3.8) is 0 Å². The molecule has 0 aliphatic heterocycles. The third-order valence-electron chi connectivity index (χ3n) is 3.75. The highest BCUT2D eigenvalue weighted by Crippen LogP contribution is 2.29. The van der Waals surface area contributed by atoms with E-state index in [9.17, 15) is 4.79 Å². The van der Waals surface area contributed by atoms with E-state index < -0.39 is 0 Å². The van der Waals surface area contributed by atoms with Gasteiger partial charge in [0, 0.05) is 34.9 Å². The Hall–Kier alpha value is -1.98. The summed E-state index contributed by atoms with van der Waals surface area (Å²) in [6.45, 7) is 4.47. The highest BCUT2D eigenvalue weighted by atomic mass is 32.2. The number of benzene rings is 2. The van der Waals surface area contributed by atoms with E-state index in [4.69, 9.17) is 9.47 Å². The number of ether oxygens (including phenoxy) is 2. The van der Waals surface area contributed by atoms with Crippen LogP contribution < -0.4 is 10.1 Å². The molecule has 2 aromatic rings. The van der Waals surface area contributed by atoms with Gasteiger partial charge in [-0.1, -0.05) is 17.7 Å². The molecule has 0 saturated carbocycles. The zero-order chi connectivity index (χ0) is 18.2. The molecule has 1 amide bonds. The van der Waals surface area contributed by atoms with Crippen LogP contribution >= 0.6 is 11.8 Å². The van der Waals surface area contributed by atoms with E-state index in [1.807, 2.05) is 19.1 Å². The number of rotatable bonds is 8. The van der Waals surface area contributed by atoms with Gasteiger partial charge in [0.25, 0.3) is 5.91 Å². The molecule has 0 bridgehead atoms. The standard InChI is InChI=1S/C20H25NO3S/c1-14-5-8-18(9-6-14)25-13-17-11-16(7-10-19(17)24-4)20(22)21-15(2)12-23-3/h5-11,15H,12-13H2,1-4H3,(H,21,22)/t15-/m1/s1. The van der Waals surface area contributed by atoms with E-state index in [1.165, 1.54) is 10.5 Å². The van der Waals surface area contributed by atoms with Crippen LogP contribution in [-0.2, 0) is 10.5 Å². The molecule has 0 aliphatic rings. The van der Waals surface area contributed by atoms with E-state index >= 15 is 0 Å². The zero-order valence-electron chi connectivity index (χ0n) is 15.2. The maximum Gasteiger partial charge on any atom is 0.251 e. The van der Waals surface area contributed by atoms with Crippen LogP contribution in [0.25, 0.3) is 0 Å². The van der Waals surface area contributed by atoms with E-state index in [-0.39, 0.29) is 11.9 Å². The van der Waals surface area contributed by atoms with Gasteiger partial charge in [0.2, 0.25) is 0 Å². The van der Waals surface area contributed by atoms with Gasteiger partial charge >= 0.3 is 0 Å². The van der Waals surface area contributed by atoms with Crippen LogP contribution in [-0.4, -0.2) is 32.8 Å². The molecule has 1 N–H and O–H groups in total. The van der Waals surface area contributed by atoms with Gasteiger partial charge < -0.3 is 14.8 Å². The van der Waals surface area contributed by atoms with Gasteiger partial charge in [0.05, 0.1) is 13.7 Å². The number of hydrogen-bond acceptors (Lipinski definition) is 4. The van der Waals surface area contributed by atoms with Gasteiger partial charge in [-0.2, -0.15) is 0 Å². The monoisotopic (exact) mass is 359 g/mol. The fourth-order valence-electron chi connectivity index (χ4n) is 2.43. The maximum atomic E-state index is 12.4. The Kier molecular flexibility index (Phi) is 7.34. The quantitative estimate of drug-likeness (QED) is 0.722. The molecule has 4 nitrogen and oxygen atoms in total. The van der Waals surface area contributed by atoms with Crippen LogP contribution in [0.4, 0.5) is 0 Å². The smallest absolute Gasteiger partial charge is 0.251 e. The van der Waals surface area contributed by atoms with Crippen LogP contribution in [0.5, 0.6) is 5.75 Å². The lowest BCUT2D eigenvalue weighted by atomic mass is 10.1. The molecule has 5 heteroatoms. The summed E-state index contributed by atoms with van der Waals surface area (Å²) >= 11 is 1.72. The second-order valence-corrected chi connectivity index (χ2v) is 7.01. The average molecular weight is 359 g/mol. The Morgan fingerprint density at radius 2 is 1.88 bits per heavy atom. The first-order chi connectivity index (χ1) is 12.0. The van der Waals surface area contributed by atoms with Gasteiger partial charge in [0.1, 0.15) is 5.75 Å². The summed E-state index contributed by atoms with van der Waals surface area (Å²) < 4.78 is 10.5. The SMILES string of the molecule is COC[C@@H](C)NC(=O)c1ccc(OC)c(CSc2ccc(C)cc2)c1. The Morgan fingerprint density at radius 3 is 2.52 bits per heavy atom. The molecule has 2 rings (SSSR count). The number of methoxy groups -OCH3 is 2. The van der Waals surface area contributed by atoms with Crippen LogP contribution in [0, 0.1) is 6.92 Å². The lowest BCUT2D eigenvalue weighted by Crippen LogP contribution is -2.35. The van der Waals surface area contributed by atoms with Gasteiger partial charge in [-0.15, -0.1) is 11.8 Å². The number of carbonyl (C=O) groups excluding carboxylic acids is 1. The number of nitrogens with one attached hydrogen (secondary N) is 1. The van der Waals surface area contributed by atoms with Crippen molar-refractivity contribution in [2.45, 2.75) is 30.5 Å². The topological polar surface area (TPSA) is 47.6 Å². The van der Waals surface area contributed by atoms with Crippen molar-refractivity contribution in [3.8, 4) is 5.75 Å². The Morgan fingerprint density at radius 1 is 1.16 bits per heavy atom. The van der Waals surface area contributed by atoms with Crippen molar-refractivity contribution < 1.29 is 14.3 Å². The highest BCUT2D eigenvalue weighted by molar-refractivity contribution is 7.98. The van der Waals surface area contributed by atoms with Gasteiger partial charge in [-0.25, -0.2) is 0 Å². The van der Waals surface area contributed by atoms with E-state index in [0.717, 1.165) is 17.1 Å². The molecule has 0 aromatic heterocycles. The number of aryl methyl sites for hydroxylation is 1. The van der Waals surface area contributed by atoms with Crippen LogP contribution in [0.2, 0.25) is 0 Å². The lowest BCUT2D eigenvalue weighted by molar-refractivity contribution is 0.0905. The van der Waals surface area contributed by atoms with Crippen molar-refractivity contribution in [2.24, 2.45) is 0 Å². The summed E-state index contributed by atoms with van der Waals surface area (Å²) in [5, 5.41) is 2.93. The molecule has 0 heterocycles. The molecule has 25 heavy (non-hydrogen) atoms. The summed E-state index contributed by atoms with van der Waals surface area (Å²) in [4.78, 5) is 13.6. The molecule has 0 aliphatic carbocycles. The third kappa shape index (κ3) is 5.80. The van der Waals surface area contributed by atoms with Crippen molar-refractivity contribution in [1.29, 1.82) is 0 Å². The fourth-order valence-corrected chi connectivity index (χ4v) is 3.30. The molecule has 134 valence electrons. The summed E-state index contributed by atoms with van der Waals surface area (Å²) in [5.41, 5.74) is 2.87. The average Bonchev–Trinajstić information content (AvgIpc) is 2.61. The Balaban J connectivity index is 2.10. The number of thioether (sulfide) groups is 1. The third-order valence-corrected chi connectivity index (χ3v) is 4.81. The second-order valence-electron chi connectivity index (χ2n) is 5.96. The van der Waals surface area contributed by atoms with Crippen molar-refractivity contribution in [3.05, 3.63) is 59.2 Å². The number of carbonyl (C=O) groups is 1. The van der Waals surface area contributed by atoms with E-state index in [1.54, 1.807) is 32.0 Å². The minimum Gasteiger partial charge on any atom is -0.496 e. The lowest BCUT2D eigenvalue weighted by Gasteiger charge is -2.14. The van der Waals surface area contributed by atoms with Crippen LogP contribution in [0.3, 0.4) is 0 Å². The summed E-state index contributed by atoms with van der Waals surface area (Å²) in [7, 11) is 3.27. The zero-order valence-corrected chi connectivity index (χ0v) is 16.0. The first-order valence-electron chi connectivity index (χ1n) is 8.19. The van der Waals surface area contributed by atoms with Gasteiger partial charge in [0.15, 0.2) is 0 Å². The fraction of sp³-hybridized carbons (Fsp3) is 0.350.